The predicted octanol–water partition coefficient (Wildman–Crippen LogP) is 3.55. The number of nitrogens with one attached hydrogen (secondary N) is 1. The lowest BCUT2D eigenvalue weighted by Gasteiger charge is -2.15. The van der Waals surface area contributed by atoms with Crippen LogP contribution in [-0.4, -0.2) is 24.4 Å². The number of hydrogen-bond acceptors (Lipinski definition) is 4. The molecule has 0 fully saturated rings. The summed E-state index contributed by atoms with van der Waals surface area (Å²) in [5, 5.41) is 4.99. The summed E-state index contributed by atoms with van der Waals surface area (Å²) in [4.78, 5) is 14.0. The van der Waals surface area contributed by atoms with Gasteiger partial charge >= 0.3 is 0 Å². The van der Waals surface area contributed by atoms with E-state index in [2.05, 4.69) is 37.6 Å². The molecule has 1 amide bonds. The van der Waals surface area contributed by atoms with E-state index in [4.69, 9.17) is 5.73 Å². The summed E-state index contributed by atoms with van der Waals surface area (Å²) in [5.74, 6) is 0.0121. The van der Waals surface area contributed by atoms with E-state index in [1.807, 2.05) is 7.05 Å². The third-order valence-electron chi connectivity index (χ3n) is 2.99. The molecule has 4 nitrogen and oxygen atoms in total. The Bertz CT molecular complexity index is 597. The van der Waals surface area contributed by atoms with Crippen molar-refractivity contribution in [1.82, 2.24) is 4.90 Å². The molecular weight excluding hydrogens is 350 g/mol. The SMILES string of the molecule is CN(CCC(=O)Nc1ccc(N)cc1)Cc1csc(Br)c1. The maximum absolute atomic E-state index is 11.9. The van der Waals surface area contributed by atoms with Crippen LogP contribution in [0.25, 0.3) is 0 Å². The molecule has 0 spiro atoms. The van der Waals surface area contributed by atoms with Gasteiger partial charge in [0.1, 0.15) is 0 Å². The Labute approximate surface area is 137 Å². The van der Waals surface area contributed by atoms with Crippen LogP contribution in [0.4, 0.5) is 11.4 Å². The van der Waals surface area contributed by atoms with E-state index < -0.39 is 0 Å². The minimum atomic E-state index is 0.0121. The maximum atomic E-state index is 11.9. The molecule has 0 radical (unpaired) electrons. The molecule has 0 aliphatic rings. The molecule has 2 rings (SSSR count). The first-order valence-electron chi connectivity index (χ1n) is 6.60. The first-order chi connectivity index (χ1) is 10.0. The molecule has 21 heavy (non-hydrogen) atoms. The second-order valence-corrected chi connectivity index (χ2v) is 7.21. The monoisotopic (exact) mass is 367 g/mol. The zero-order valence-corrected chi connectivity index (χ0v) is 14.2. The number of halogens is 1. The zero-order valence-electron chi connectivity index (χ0n) is 11.8. The van der Waals surface area contributed by atoms with Crippen LogP contribution >= 0.6 is 27.3 Å². The average Bonchev–Trinajstić information content (AvgIpc) is 2.84. The van der Waals surface area contributed by atoms with E-state index in [0.29, 0.717) is 18.7 Å². The Morgan fingerprint density at radius 3 is 2.71 bits per heavy atom. The van der Waals surface area contributed by atoms with Crippen molar-refractivity contribution >= 4 is 44.5 Å². The van der Waals surface area contributed by atoms with Crippen LogP contribution in [0.2, 0.25) is 0 Å². The molecule has 1 heterocycles. The minimum absolute atomic E-state index is 0.0121. The third-order valence-corrected chi connectivity index (χ3v) is 4.54. The number of amides is 1. The van der Waals surface area contributed by atoms with Crippen molar-refractivity contribution in [3.63, 3.8) is 0 Å². The summed E-state index contributed by atoms with van der Waals surface area (Å²) in [6, 6.07) is 9.27. The van der Waals surface area contributed by atoms with Gasteiger partial charge in [-0.25, -0.2) is 0 Å². The van der Waals surface area contributed by atoms with Crippen molar-refractivity contribution in [3.8, 4) is 0 Å². The third kappa shape index (κ3) is 5.49. The van der Waals surface area contributed by atoms with Gasteiger partial charge in [-0.05, 0) is 64.3 Å². The number of anilines is 2. The Hall–Kier alpha value is -1.37. The Morgan fingerprint density at radius 1 is 1.38 bits per heavy atom. The molecule has 0 aliphatic heterocycles. The standard InChI is InChI=1S/C15H18BrN3OS/c1-19(9-11-8-14(16)21-10-11)7-6-15(20)18-13-4-2-12(17)3-5-13/h2-5,8,10H,6-7,9,17H2,1H3,(H,18,20). The lowest BCUT2D eigenvalue weighted by atomic mass is 10.2. The predicted molar refractivity (Wildman–Crippen MR) is 92.5 cm³/mol. The minimum Gasteiger partial charge on any atom is -0.399 e. The molecule has 3 N–H and O–H groups in total. The molecule has 0 unspecified atom stereocenters. The van der Waals surface area contributed by atoms with Crippen molar-refractivity contribution < 1.29 is 4.79 Å². The normalized spacial score (nSPS) is 10.8. The number of rotatable bonds is 6. The molecule has 0 atom stereocenters. The number of thiophene rings is 1. The summed E-state index contributed by atoms with van der Waals surface area (Å²) in [6.07, 6.45) is 0.464. The summed E-state index contributed by atoms with van der Waals surface area (Å²) < 4.78 is 1.13. The first kappa shape index (κ1) is 16.0. The summed E-state index contributed by atoms with van der Waals surface area (Å²) in [6.45, 7) is 1.56. The molecule has 0 aliphatic carbocycles. The largest absolute Gasteiger partial charge is 0.399 e. The highest BCUT2D eigenvalue weighted by atomic mass is 79.9. The van der Waals surface area contributed by atoms with Gasteiger partial charge in [0, 0.05) is 30.9 Å². The van der Waals surface area contributed by atoms with Gasteiger partial charge in [0.25, 0.3) is 0 Å². The zero-order chi connectivity index (χ0) is 15.2. The van der Waals surface area contributed by atoms with E-state index >= 15 is 0 Å². The van der Waals surface area contributed by atoms with Crippen LogP contribution in [0.15, 0.2) is 39.5 Å². The first-order valence-corrected chi connectivity index (χ1v) is 8.27. The topological polar surface area (TPSA) is 58.4 Å². The van der Waals surface area contributed by atoms with Crippen LogP contribution in [-0.2, 0) is 11.3 Å². The lowest BCUT2D eigenvalue weighted by Crippen LogP contribution is -2.23. The molecule has 112 valence electrons. The highest BCUT2D eigenvalue weighted by Crippen LogP contribution is 2.21. The number of benzene rings is 1. The average molecular weight is 368 g/mol. The molecule has 1 aromatic heterocycles. The second-order valence-electron chi connectivity index (χ2n) is 4.92. The molecular formula is C15H18BrN3OS. The highest BCUT2D eigenvalue weighted by Gasteiger charge is 2.07. The molecule has 0 bridgehead atoms. The van der Waals surface area contributed by atoms with E-state index in [1.165, 1.54) is 5.56 Å². The Balaban J connectivity index is 1.74. The number of nitrogen functional groups attached to an aromatic ring is 1. The van der Waals surface area contributed by atoms with Gasteiger partial charge in [-0.1, -0.05) is 0 Å². The maximum Gasteiger partial charge on any atom is 0.225 e. The molecule has 6 heteroatoms. The quantitative estimate of drug-likeness (QED) is 0.767. The highest BCUT2D eigenvalue weighted by molar-refractivity contribution is 9.11. The molecule has 0 saturated carbocycles. The summed E-state index contributed by atoms with van der Waals surface area (Å²) in [5.41, 5.74) is 8.33. The fraction of sp³-hybridized carbons (Fsp3) is 0.267. The number of nitrogens with two attached hydrogens (primary N) is 1. The Morgan fingerprint density at radius 2 is 2.10 bits per heavy atom. The van der Waals surface area contributed by atoms with Gasteiger partial charge < -0.3 is 16.0 Å². The van der Waals surface area contributed by atoms with Crippen molar-refractivity contribution in [2.75, 3.05) is 24.6 Å². The van der Waals surface area contributed by atoms with E-state index in [9.17, 15) is 4.79 Å². The lowest BCUT2D eigenvalue weighted by molar-refractivity contribution is -0.116. The number of carbonyl (C=O) groups excluding carboxylic acids is 1. The van der Waals surface area contributed by atoms with E-state index in [1.54, 1.807) is 35.6 Å². The molecule has 0 saturated heterocycles. The summed E-state index contributed by atoms with van der Waals surface area (Å²) >= 11 is 5.13. The Kier molecular flexibility index (Phi) is 5.78. The van der Waals surface area contributed by atoms with Gasteiger partial charge in [0.2, 0.25) is 5.91 Å². The van der Waals surface area contributed by atoms with Crippen molar-refractivity contribution in [2.45, 2.75) is 13.0 Å². The van der Waals surface area contributed by atoms with E-state index in [-0.39, 0.29) is 5.91 Å². The van der Waals surface area contributed by atoms with Crippen LogP contribution in [0.5, 0.6) is 0 Å². The van der Waals surface area contributed by atoms with Crippen LogP contribution in [0.1, 0.15) is 12.0 Å². The fourth-order valence-corrected chi connectivity index (χ4v) is 3.10. The second kappa shape index (κ2) is 7.59. The van der Waals surface area contributed by atoms with Crippen molar-refractivity contribution in [2.24, 2.45) is 0 Å². The van der Waals surface area contributed by atoms with Crippen LogP contribution < -0.4 is 11.1 Å². The smallest absolute Gasteiger partial charge is 0.225 e. The number of nitrogens with zero attached hydrogens (tertiary/aromatic N) is 1. The number of hydrogen-bond donors (Lipinski definition) is 2. The number of carbonyl (C=O) groups is 1. The van der Waals surface area contributed by atoms with Gasteiger partial charge in [0.15, 0.2) is 0 Å². The van der Waals surface area contributed by atoms with Gasteiger partial charge in [-0.2, -0.15) is 0 Å². The van der Waals surface area contributed by atoms with Crippen molar-refractivity contribution in [3.05, 3.63) is 45.1 Å². The molecule has 1 aromatic carbocycles. The van der Waals surface area contributed by atoms with Gasteiger partial charge in [-0.15, -0.1) is 11.3 Å². The fourth-order valence-electron chi connectivity index (χ4n) is 1.90. The van der Waals surface area contributed by atoms with Gasteiger partial charge in [-0.3, -0.25) is 4.79 Å². The van der Waals surface area contributed by atoms with Gasteiger partial charge in [0.05, 0.1) is 3.79 Å². The van der Waals surface area contributed by atoms with Crippen LogP contribution in [0.3, 0.4) is 0 Å². The van der Waals surface area contributed by atoms with E-state index in [0.717, 1.165) is 16.0 Å². The van der Waals surface area contributed by atoms with Crippen LogP contribution in [0, 0.1) is 0 Å². The molecule has 2 aromatic rings. The van der Waals surface area contributed by atoms with Crippen molar-refractivity contribution in [1.29, 1.82) is 0 Å². The summed E-state index contributed by atoms with van der Waals surface area (Å²) in [7, 11) is 2.02.